The number of carbonyl (C=O) groups excluding carboxylic acids is 2. The summed E-state index contributed by atoms with van der Waals surface area (Å²) in [5.74, 6) is -0.898. The van der Waals surface area contributed by atoms with E-state index in [0.717, 1.165) is 5.56 Å². The molecule has 0 atom stereocenters. The molecule has 1 aromatic heterocycles. The molecule has 0 aliphatic carbocycles. The van der Waals surface area contributed by atoms with Gasteiger partial charge in [0.2, 0.25) is 5.91 Å². The molecule has 3 aromatic rings. The second kappa shape index (κ2) is 7.04. The van der Waals surface area contributed by atoms with E-state index in [2.05, 4.69) is 15.6 Å². The number of anilines is 1. The molecular weight excluding hydrogens is 322 g/mol. The summed E-state index contributed by atoms with van der Waals surface area (Å²) < 4.78 is 5.02. The van der Waals surface area contributed by atoms with Crippen LogP contribution in [0, 0.1) is 0 Å². The van der Waals surface area contributed by atoms with Crippen molar-refractivity contribution in [2.45, 2.75) is 13.3 Å². The number of aromatic amines is 1. The fourth-order valence-electron chi connectivity index (χ4n) is 2.51. The van der Waals surface area contributed by atoms with Gasteiger partial charge in [0.15, 0.2) is 5.58 Å². The first kappa shape index (κ1) is 16.5. The van der Waals surface area contributed by atoms with Crippen molar-refractivity contribution in [2.24, 2.45) is 0 Å². The number of oxazole rings is 1. The van der Waals surface area contributed by atoms with Crippen LogP contribution in [0.15, 0.2) is 51.7 Å². The quantitative estimate of drug-likeness (QED) is 0.662. The third kappa shape index (κ3) is 4.14. The van der Waals surface area contributed by atoms with Crippen LogP contribution in [0.25, 0.3) is 11.1 Å². The average molecular weight is 339 g/mol. The summed E-state index contributed by atoms with van der Waals surface area (Å²) in [6, 6.07) is 12.2. The molecule has 7 nitrogen and oxygen atoms in total. The van der Waals surface area contributed by atoms with Gasteiger partial charge in [0.05, 0.1) is 5.52 Å². The lowest BCUT2D eigenvalue weighted by molar-refractivity contribution is -0.114. The van der Waals surface area contributed by atoms with Crippen molar-refractivity contribution in [3.05, 3.63) is 64.1 Å². The molecule has 0 fully saturated rings. The third-order valence-electron chi connectivity index (χ3n) is 3.63. The van der Waals surface area contributed by atoms with Crippen LogP contribution in [0.1, 0.15) is 22.8 Å². The predicted octanol–water partition coefficient (Wildman–Crippen LogP) is 2.05. The summed E-state index contributed by atoms with van der Waals surface area (Å²) in [6.07, 6.45) is 0.599. The maximum Gasteiger partial charge on any atom is 0.417 e. The maximum absolute atomic E-state index is 12.2. The maximum atomic E-state index is 12.2. The van der Waals surface area contributed by atoms with Gasteiger partial charge in [0.25, 0.3) is 5.91 Å². The molecule has 0 unspecified atom stereocenters. The first-order valence-corrected chi connectivity index (χ1v) is 7.79. The fraction of sp³-hybridized carbons (Fsp3) is 0.167. The van der Waals surface area contributed by atoms with Gasteiger partial charge >= 0.3 is 5.76 Å². The number of amides is 2. The monoisotopic (exact) mass is 339 g/mol. The molecular formula is C18H17N3O4. The van der Waals surface area contributed by atoms with E-state index >= 15 is 0 Å². The third-order valence-corrected chi connectivity index (χ3v) is 3.63. The summed E-state index contributed by atoms with van der Waals surface area (Å²) in [4.78, 5) is 37.0. The Morgan fingerprint density at radius 1 is 1.16 bits per heavy atom. The highest BCUT2D eigenvalue weighted by Gasteiger charge is 2.07. The van der Waals surface area contributed by atoms with Gasteiger partial charge in [-0.1, -0.05) is 12.1 Å². The Morgan fingerprint density at radius 3 is 2.80 bits per heavy atom. The number of fused-ring (bicyclic) bond motifs is 1. The van der Waals surface area contributed by atoms with Gasteiger partial charge < -0.3 is 15.1 Å². The molecule has 7 heteroatoms. The van der Waals surface area contributed by atoms with E-state index in [4.69, 9.17) is 4.42 Å². The normalized spacial score (nSPS) is 10.6. The molecule has 25 heavy (non-hydrogen) atoms. The Labute approximate surface area is 143 Å². The van der Waals surface area contributed by atoms with Crippen LogP contribution in [0.2, 0.25) is 0 Å². The summed E-state index contributed by atoms with van der Waals surface area (Å²) >= 11 is 0. The van der Waals surface area contributed by atoms with Crippen LogP contribution in [0.3, 0.4) is 0 Å². The molecule has 2 aromatic carbocycles. The van der Waals surface area contributed by atoms with Gasteiger partial charge in [-0.2, -0.15) is 0 Å². The number of hydrogen-bond acceptors (Lipinski definition) is 4. The number of benzene rings is 2. The minimum Gasteiger partial charge on any atom is -0.408 e. The Kier molecular flexibility index (Phi) is 4.65. The summed E-state index contributed by atoms with van der Waals surface area (Å²) in [5, 5.41) is 5.47. The lowest BCUT2D eigenvalue weighted by atomic mass is 10.1. The molecule has 128 valence electrons. The molecule has 0 aliphatic heterocycles. The molecule has 0 aliphatic rings. The molecule has 0 saturated heterocycles. The van der Waals surface area contributed by atoms with Crippen LogP contribution in [-0.4, -0.2) is 23.3 Å². The van der Waals surface area contributed by atoms with Crippen molar-refractivity contribution in [1.29, 1.82) is 0 Å². The van der Waals surface area contributed by atoms with Gasteiger partial charge in [-0.25, -0.2) is 4.79 Å². The molecule has 0 radical (unpaired) electrons. The second-order valence-corrected chi connectivity index (χ2v) is 5.61. The highest BCUT2D eigenvalue weighted by molar-refractivity contribution is 5.96. The van der Waals surface area contributed by atoms with Gasteiger partial charge in [0.1, 0.15) is 0 Å². The number of aromatic nitrogens is 1. The van der Waals surface area contributed by atoms with E-state index in [1.54, 1.807) is 36.4 Å². The first-order chi connectivity index (χ1) is 12.0. The van der Waals surface area contributed by atoms with Gasteiger partial charge in [-0.05, 0) is 42.3 Å². The minimum absolute atomic E-state index is 0.190. The second-order valence-electron chi connectivity index (χ2n) is 5.61. The molecule has 3 N–H and O–H groups in total. The summed E-state index contributed by atoms with van der Waals surface area (Å²) in [7, 11) is 0. The van der Waals surface area contributed by atoms with Crippen LogP contribution in [-0.2, 0) is 11.2 Å². The van der Waals surface area contributed by atoms with Crippen LogP contribution in [0.5, 0.6) is 0 Å². The molecule has 3 rings (SSSR count). The van der Waals surface area contributed by atoms with Crippen molar-refractivity contribution >= 4 is 28.6 Å². The molecule has 2 amide bonds. The van der Waals surface area contributed by atoms with Crippen molar-refractivity contribution in [3.63, 3.8) is 0 Å². The number of H-pyrrole nitrogens is 1. The minimum atomic E-state index is -0.487. The van der Waals surface area contributed by atoms with Crippen molar-refractivity contribution in [3.8, 4) is 0 Å². The van der Waals surface area contributed by atoms with Crippen LogP contribution >= 0.6 is 0 Å². The van der Waals surface area contributed by atoms with Gasteiger partial charge in [-0.3, -0.25) is 14.6 Å². The van der Waals surface area contributed by atoms with Crippen molar-refractivity contribution in [1.82, 2.24) is 10.3 Å². The van der Waals surface area contributed by atoms with Gasteiger partial charge in [-0.15, -0.1) is 0 Å². The van der Waals surface area contributed by atoms with Gasteiger partial charge in [0, 0.05) is 24.7 Å². The van der Waals surface area contributed by atoms with E-state index in [1.807, 2.05) is 6.07 Å². The Hall–Kier alpha value is -3.35. The number of nitrogens with one attached hydrogen (secondary N) is 3. The Bertz CT molecular complexity index is 987. The Balaban J connectivity index is 1.59. The number of rotatable bonds is 5. The fourth-order valence-corrected chi connectivity index (χ4v) is 2.51. The standard InChI is InChI=1S/C18H17N3O4/c1-11(22)20-14-4-2-3-13(10-14)17(23)19-8-7-12-5-6-15-16(9-12)25-18(24)21-15/h2-6,9-10H,7-8H2,1H3,(H,19,23)(H,20,22)(H,21,24). The zero-order valence-electron chi connectivity index (χ0n) is 13.6. The zero-order chi connectivity index (χ0) is 17.8. The SMILES string of the molecule is CC(=O)Nc1cccc(C(=O)NCCc2ccc3[nH]c(=O)oc3c2)c1. The molecule has 1 heterocycles. The lowest BCUT2D eigenvalue weighted by Crippen LogP contribution is -2.25. The van der Waals surface area contributed by atoms with E-state index in [-0.39, 0.29) is 11.8 Å². The highest BCUT2D eigenvalue weighted by atomic mass is 16.4. The van der Waals surface area contributed by atoms with Crippen LogP contribution < -0.4 is 16.4 Å². The molecule has 0 saturated carbocycles. The largest absolute Gasteiger partial charge is 0.417 e. The number of carbonyl (C=O) groups is 2. The van der Waals surface area contributed by atoms with Crippen molar-refractivity contribution < 1.29 is 14.0 Å². The van der Waals surface area contributed by atoms with E-state index in [0.29, 0.717) is 35.3 Å². The average Bonchev–Trinajstić information content (AvgIpc) is 2.93. The van der Waals surface area contributed by atoms with E-state index in [1.165, 1.54) is 6.92 Å². The van der Waals surface area contributed by atoms with E-state index < -0.39 is 5.76 Å². The topological polar surface area (TPSA) is 104 Å². The van der Waals surface area contributed by atoms with E-state index in [9.17, 15) is 14.4 Å². The molecule has 0 spiro atoms. The van der Waals surface area contributed by atoms with Crippen LogP contribution in [0.4, 0.5) is 5.69 Å². The lowest BCUT2D eigenvalue weighted by Gasteiger charge is -2.07. The summed E-state index contributed by atoms with van der Waals surface area (Å²) in [5.41, 5.74) is 3.14. The highest BCUT2D eigenvalue weighted by Crippen LogP contribution is 2.13. The molecule has 0 bridgehead atoms. The summed E-state index contributed by atoms with van der Waals surface area (Å²) in [6.45, 7) is 1.85. The smallest absolute Gasteiger partial charge is 0.408 e. The number of hydrogen-bond donors (Lipinski definition) is 3. The predicted molar refractivity (Wildman–Crippen MR) is 93.6 cm³/mol. The van der Waals surface area contributed by atoms with Crippen molar-refractivity contribution in [2.75, 3.05) is 11.9 Å². The zero-order valence-corrected chi connectivity index (χ0v) is 13.6. The Morgan fingerprint density at radius 2 is 2.00 bits per heavy atom. The first-order valence-electron chi connectivity index (χ1n) is 7.79.